The molecule has 80 valence electrons. The van der Waals surface area contributed by atoms with Crippen molar-refractivity contribution in [3.63, 3.8) is 0 Å². The molecule has 1 aromatic rings. The number of nitrogens with zero attached hydrogens (tertiary/aromatic N) is 1. The molecule has 0 aromatic carbocycles. The van der Waals surface area contributed by atoms with E-state index >= 15 is 0 Å². The van der Waals surface area contributed by atoms with Crippen molar-refractivity contribution in [1.29, 1.82) is 0 Å². The summed E-state index contributed by atoms with van der Waals surface area (Å²) in [5, 5.41) is 0. The Balaban J connectivity index is 2.32. The van der Waals surface area contributed by atoms with Gasteiger partial charge in [0.15, 0.2) is 0 Å². The van der Waals surface area contributed by atoms with Gasteiger partial charge in [-0.05, 0) is 31.4 Å². The normalized spacial score (nSPS) is 21.3. The number of piperidine rings is 1. The van der Waals surface area contributed by atoms with Crippen molar-refractivity contribution in [2.24, 2.45) is 0 Å². The van der Waals surface area contributed by atoms with Gasteiger partial charge in [-0.3, -0.25) is 9.59 Å². The van der Waals surface area contributed by atoms with Gasteiger partial charge in [-0.15, -0.1) is 0 Å². The number of nitrogens with one attached hydrogen (secondary N) is 1. The summed E-state index contributed by atoms with van der Waals surface area (Å²) in [7, 11) is 0. The van der Waals surface area contributed by atoms with E-state index in [1.165, 1.54) is 0 Å². The quantitative estimate of drug-likeness (QED) is 0.735. The highest BCUT2D eigenvalue weighted by Crippen LogP contribution is 2.27. The number of hydrogen-bond acceptors (Lipinski definition) is 2. The maximum absolute atomic E-state index is 11.6. The first-order valence-corrected chi connectivity index (χ1v) is 5.21. The lowest BCUT2D eigenvalue weighted by Gasteiger charge is -2.32. The van der Waals surface area contributed by atoms with Crippen LogP contribution in [0.1, 0.15) is 30.9 Å². The first kappa shape index (κ1) is 9.96. The highest BCUT2D eigenvalue weighted by molar-refractivity contribution is 5.49. The number of rotatable bonds is 2. The molecular formula is C11H14N2O2. The van der Waals surface area contributed by atoms with Crippen LogP contribution in [0.3, 0.4) is 0 Å². The Hall–Kier alpha value is -1.58. The molecule has 0 radical (unpaired) electrons. The number of aromatic nitrogens is 1. The Bertz CT molecular complexity index is 400. The van der Waals surface area contributed by atoms with Crippen LogP contribution in [-0.2, 0) is 4.79 Å². The zero-order valence-corrected chi connectivity index (χ0v) is 8.48. The molecule has 4 heteroatoms. The largest absolute Gasteiger partial charge is 0.338 e. The van der Waals surface area contributed by atoms with Gasteiger partial charge in [0.05, 0.1) is 6.04 Å². The fraction of sp³-hybridized carbons (Fsp3) is 0.455. The number of hydrogen-bond donors (Lipinski definition) is 1. The van der Waals surface area contributed by atoms with E-state index in [9.17, 15) is 9.59 Å². The first-order chi connectivity index (χ1) is 7.33. The lowest BCUT2D eigenvalue weighted by atomic mass is 9.97. The molecule has 2 heterocycles. The predicted octanol–water partition coefficient (Wildman–Crippen LogP) is 1.06. The van der Waals surface area contributed by atoms with Gasteiger partial charge in [0.2, 0.25) is 6.41 Å². The van der Waals surface area contributed by atoms with Crippen molar-refractivity contribution < 1.29 is 4.79 Å². The molecule has 1 aromatic heterocycles. The van der Waals surface area contributed by atoms with Crippen LogP contribution in [0, 0.1) is 0 Å². The third-order valence-corrected chi connectivity index (χ3v) is 2.89. The molecule has 1 N–H and O–H groups in total. The molecule has 1 aliphatic heterocycles. The number of H-pyrrole nitrogens is 1. The Morgan fingerprint density at radius 2 is 2.33 bits per heavy atom. The first-order valence-electron chi connectivity index (χ1n) is 5.21. The van der Waals surface area contributed by atoms with Crippen molar-refractivity contribution in [3.8, 4) is 0 Å². The van der Waals surface area contributed by atoms with Gasteiger partial charge >= 0.3 is 0 Å². The van der Waals surface area contributed by atoms with Crippen molar-refractivity contribution in [3.05, 3.63) is 34.2 Å². The van der Waals surface area contributed by atoms with Crippen LogP contribution >= 0.6 is 0 Å². The topological polar surface area (TPSA) is 53.2 Å². The number of carbonyl (C=O) groups excluding carboxylic acids is 1. The molecule has 15 heavy (non-hydrogen) atoms. The standard InChI is InChI=1S/C11H14N2O2/c14-8-13-7-2-1-5-10(13)9-4-3-6-12-11(9)15/h3-4,6,8,10H,1-2,5,7H2,(H,12,15). The van der Waals surface area contributed by atoms with Crippen LogP contribution in [0.5, 0.6) is 0 Å². The highest BCUT2D eigenvalue weighted by atomic mass is 16.1. The van der Waals surface area contributed by atoms with Crippen molar-refractivity contribution in [2.45, 2.75) is 25.3 Å². The van der Waals surface area contributed by atoms with Crippen LogP contribution in [0.25, 0.3) is 0 Å². The maximum atomic E-state index is 11.6. The zero-order valence-electron chi connectivity index (χ0n) is 8.48. The molecule has 0 saturated carbocycles. The lowest BCUT2D eigenvalue weighted by Crippen LogP contribution is -2.35. The minimum Gasteiger partial charge on any atom is -0.338 e. The van der Waals surface area contributed by atoms with Crippen LogP contribution in [0.2, 0.25) is 0 Å². The van der Waals surface area contributed by atoms with Gasteiger partial charge in [0.25, 0.3) is 5.56 Å². The Morgan fingerprint density at radius 1 is 1.47 bits per heavy atom. The third kappa shape index (κ3) is 1.93. The lowest BCUT2D eigenvalue weighted by molar-refractivity contribution is -0.121. The Kier molecular flexibility index (Phi) is 2.85. The molecule has 1 atom stereocenters. The molecule has 0 spiro atoms. The molecule has 0 bridgehead atoms. The maximum Gasteiger partial charge on any atom is 0.253 e. The average Bonchev–Trinajstić information content (AvgIpc) is 2.30. The minimum atomic E-state index is -0.0868. The summed E-state index contributed by atoms with van der Waals surface area (Å²) in [5.74, 6) is 0. The second kappa shape index (κ2) is 4.29. The monoisotopic (exact) mass is 206 g/mol. The van der Waals surface area contributed by atoms with Gasteiger partial charge < -0.3 is 9.88 Å². The summed E-state index contributed by atoms with van der Waals surface area (Å²) in [6, 6.07) is 3.56. The van der Waals surface area contributed by atoms with E-state index in [0.29, 0.717) is 5.56 Å². The Morgan fingerprint density at radius 3 is 3.07 bits per heavy atom. The van der Waals surface area contributed by atoms with Gasteiger partial charge in [-0.1, -0.05) is 0 Å². The van der Waals surface area contributed by atoms with Crippen LogP contribution in [0.15, 0.2) is 23.1 Å². The summed E-state index contributed by atoms with van der Waals surface area (Å²) in [6.45, 7) is 0.752. The fourth-order valence-corrected chi connectivity index (χ4v) is 2.11. The van der Waals surface area contributed by atoms with E-state index < -0.39 is 0 Å². The summed E-state index contributed by atoms with van der Waals surface area (Å²) in [4.78, 5) is 26.8. The average molecular weight is 206 g/mol. The molecule has 1 saturated heterocycles. The van der Waals surface area contributed by atoms with Crippen molar-refractivity contribution in [1.82, 2.24) is 9.88 Å². The highest BCUT2D eigenvalue weighted by Gasteiger charge is 2.24. The van der Waals surface area contributed by atoms with Gasteiger partial charge in [0.1, 0.15) is 0 Å². The predicted molar refractivity (Wildman–Crippen MR) is 56.4 cm³/mol. The number of pyridine rings is 1. The summed E-state index contributed by atoms with van der Waals surface area (Å²) < 4.78 is 0. The summed E-state index contributed by atoms with van der Waals surface area (Å²) >= 11 is 0. The van der Waals surface area contributed by atoms with E-state index in [-0.39, 0.29) is 11.6 Å². The number of aromatic amines is 1. The van der Waals surface area contributed by atoms with E-state index in [1.54, 1.807) is 23.2 Å². The molecule has 1 amide bonds. The number of carbonyl (C=O) groups is 1. The second-order valence-corrected chi connectivity index (χ2v) is 3.81. The zero-order chi connectivity index (χ0) is 10.7. The van der Waals surface area contributed by atoms with Crippen molar-refractivity contribution >= 4 is 6.41 Å². The SMILES string of the molecule is O=CN1CCCCC1c1ccc[nH]c1=O. The summed E-state index contributed by atoms with van der Waals surface area (Å²) in [6.07, 6.45) is 5.44. The third-order valence-electron chi connectivity index (χ3n) is 2.89. The fourth-order valence-electron chi connectivity index (χ4n) is 2.11. The van der Waals surface area contributed by atoms with E-state index in [4.69, 9.17) is 0 Å². The summed E-state index contributed by atoms with van der Waals surface area (Å²) in [5.41, 5.74) is 0.612. The molecule has 1 unspecified atom stereocenters. The molecular weight excluding hydrogens is 192 g/mol. The van der Waals surface area contributed by atoms with Gasteiger partial charge in [0, 0.05) is 18.3 Å². The molecule has 1 fully saturated rings. The van der Waals surface area contributed by atoms with Crippen molar-refractivity contribution in [2.75, 3.05) is 6.54 Å². The molecule has 0 aliphatic carbocycles. The smallest absolute Gasteiger partial charge is 0.253 e. The van der Waals surface area contributed by atoms with Crippen LogP contribution < -0.4 is 5.56 Å². The van der Waals surface area contributed by atoms with Crippen LogP contribution in [0.4, 0.5) is 0 Å². The molecule has 4 nitrogen and oxygen atoms in total. The number of amides is 1. The number of likely N-dealkylation sites (tertiary alicyclic amines) is 1. The van der Waals surface area contributed by atoms with Crippen LogP contribution in [-0.4, -0.2) is 22.8 Å². The minimum absolute atomic E-state index is 0.0406. The molecule has 1 aliphatic rings. The van der Waals surface area contributed by atoms with Gasteiger partial charge in [-0.2, -0.15) is 0 Å². The van der Waals surface area contributed by atoms with Gasteiger partial charge in [-0.25, -0.2) is 0 Å². The van der Waals surface area contributed by atoms with E-state index in [1.807, 2.05) is 0 Å². The molecule has 2 rings (SSSR count). The second-order valence-electron chi connectivity index (χ2n) is 3.81. The van der Waals surface area contributed by atoms with E-state index in [0.717, 1.165) is 32.2 Å². The Labute approximate surface area is 87.9 Å². The van der Waals surface area contributed by atoms with E-state index in [2.05, 4.69) is 4.98 Å².